The van der Waals surface area contributed by atoms with Gasteiger partial charge in [-0.15, -0.1) is 0 Å². The highest BCUT2D eigenvalue weighted by molar-refractivity contribution is 9.10. The van der Waals surface area contributed by atoms with Gasteiger partial charge >= 0.3 is 0 Å². The van der Waals surface area contributed by atoms with Crippen LogP contribution in [0, 0.1) is 5.92 Å². The third kappa shape index (κ3) is 5.60. The van der Waals surface area contributed by atoms with Crippen molar-refractivity contribution >= 4 is 26.0 Å². The van der Waals surface area contributed by atoms with Crippen LogP contribution in [0.15, 0.2) is 27.6 Å². The van der Waals surface area contributed by atoms with Gasteiger partial charge in [-0.05, 0) is 46.5 Å². The Morgan fingerprint density at radius 1 is 1.33 bits per heavy atom. The number of halogens is 1. The van der Waals surface area contributed by atoms with Crippen LogP contribution in [0.1, 0.15) is 39.5 Å². The summed E-state index contributed by atoms with van der Waals surface area (Å²) < 4.78 is 33.1. The Morgan fingerprint density at radius 2 is 2.05 bits per heavy atom. The fourth-order valence-corrected chi connectivity index (χ4v) is 3.90. The topological polar surface area (TPSA) is 55.4 Å². The third-order valence-corrected chi connectivity index (χ3v) is 5.58. The lowest BCUT2D eigenvalue weighted by atomic mass is 10.00. The first-order valence-electron chi connectivity index (χ1n) is 7.27. The van der Waals surface area contributed by atoms with Crippen molar-refractivity contribution in [3.63, 3.8) is 0 Å². The lowest BCUT2D eigenvalue weighted by molar-refractivity contribution is 0.411. The molecule has 1 atom stereocenters. The van der Waals surface area contributed by atoms with Crippen LogP contribution in [0.4, 0.5) is 0 Å². The SMILES string of the molecule is CCCC[C@@H](CC)CNS(=O)(=O)c1ccc(OC)c(Br)c1. The number of rotatable bonds is 9. The average Bonchev–Trinajstić information content (AvgIpc) is 2.47. The van der Waals surface area contributed by atoms with E-state index in [0.717, 1.165) is 25.7 Å². The van der Waals surface area contributed by atoms with Crippen molar-refractivity contribution in [3.8, 4) is 5.75 Å². The second-order valence-corrected chi connectivity index (χ2v) is 7.69. The fraction of sp³-hybridized carbons (Fsp3) is 0.600. The standard InChI is InChI=1S/C15H24BrNO3S/c1-4-6-7-12(5-2)11-17-21(18,19)13-8-9-15(20-3)14(16)10-13/h8-10,12,17H,4-7,11H2,1-3H3/t12-/m1/s1. The van der Waals surface area contributed by atoms with Gasteiger partial charge < -0.3 is 4.74 Å². The smallest absolute Gasteiger partial charge is 0.240 e. The number of benzene rings is 1. The summed E-state index contributed by atoms with van der Waals surface area (Å²) in [7, 11) is -1.93. The lowest BCUT2D eigenvalue weighted by Crippen LogP contribution is -2.29. The van der Waals surface area contributed by atoms with Crippen LogP contribution in [0.25, 0.3) is 0 Å². The van der Waals surface area contributed by atoms with E-state index in [0.29, 0.717) is 22.7 Å². The first-order chi connectivity index (χ1) is 9.94. The van der Waals surface area contributed by atoms with Crippen molar-refractivity contribution in [3.05, 3.63) is 22.7 Å². The second kappa shape index (κ2) is 8.76. The summed E-state index contributed by atoms with van der Waals surface area (Å²) in [5, 5.41) is 0. The molecule has 0 aliphatic heterocycles. The van der Waals surface area contributed by atoms with Gasteiger partial charge in [-0.25, -0.2) is 13.1 Å². The van der Waals surface area contributed by atoms with Crippen LogP contribution in [-0.2, 0) is 10.0 Å². The number of unbranched alkanes of at least 4 members (excludes halogenated alkanes) is 1. The molecule has 1 aromatic rings. The van der Waals surface area contributed by atoms with E-state index >= 15 is 0 Å². The van der Waals surface area contributed by atoms with E-state index in [1.54, 1.807) is 25.3 Å². The van der Waals surface area contributed by atoms with Crippen molar-refractivity contribution in [2.45, 2.75) is 44.4 Å². The molecule has 1 aromatic carbocycles. The molecule has 0 aromatic heterocycles. The van der Waals surface area contributed by atoms with Crippen LogP contribution >= 0.6 is 15.9 Å². The molecule has 0 aliphatic rings. The van der Waals surface area contributed by atoms with Crippen molar-refractivity contribution in [2.75, 3.05) is 13.7 Å². The molecule has 4 nitrogen and oxygen atoms in total. The minimum Gasteiger partial charge on any atom is -0.496 e. The molecule has 0 bridgehead atoms. The molecule has 6 heteroatoms. The number of ether oxygens (including phenoxy) is 1. The number of hydrogen-bond acceptors (Lipinski definition) is 3. The largest absolute Gasteiger partial charge is 0.496 e. The van der Waals surface area contributed by atoms with E-state index in [1.807, 2.05) is 0 Å². The van der Waals surface area contributed by atoms with Crippen LogP contribution in [-0.4, -0.2) is 22.1 Å². The Morgan fingerprint density at radius 3 is 2.57 bits per heavy atom. The number of methoxy groups -OCH3 is 1. The molecular weight excluding hydrogens is 354 g/mol. The summed E-state index contributed by atoms with van der Waals surface area (Å²) in [6, 6.07) is 4.76. The maximum atomic E-state index is 12.3. The van der Waals surface area contributed by atoms with E-state index in [2.05, 4.69) is 34.5 Å². The Kier molecular flexibility index (Phi) is 7.70. The Hall–Kier alpha value is -0.590. The van der Waals surface area contributed by atoms with E-state index in [4.69, 9.17) is 4.74 Å². The zero-order valence-corrected chi connectivity index (χ0v) is 15.3. The fourth-order valence-electron chi connectivity index (χ4n) is 2.07. The highest BCUT2D eigenvalue weighted by Gasteiger charge is 2.17. The number of nitrogens with one attached hydrogen (secondary N) is 1. The van der Waals surface area contributed by atoms with E-state index in [9.17, 15) is 8.42 Å². The van der Waals surface area contributed by atoms with Gasteiger partial charge in [0.2, 0.25) is 10.0 Å². The molecule has 120 valence electrons. The van der Waals surface area contributed by atoms with Crippen molar-refractivity contribution in [1.82, 2.24) is 4.72 Å². The van der Waals surface area contributed by atoms with Gasteiger partial charge in [-0.2, -0.15) is 0 Å². The van der Waals surface area contributed by atoms with Gasteiger partial charge in [-0.1, -0.05) is 33.1 Å². The molecule has 0 saturated carbocycles. The number of hydrogen-bond donors (Lipinski definition) is 1. The maximum Gasteiger partial charge on any atom is 0.240 e. The van der Waals surface area contributed by atoms with Gasteiger partial charge in [0.15, 0.2) is 0 Å². The summed E-state index contributed by atoms with van der Waals surface area (Å²) in [6.07, 6.45) is 4.31. The van der Waals surface area contributed by atoms with E-state index in [-0.39, 0.29) is 4.90 Å². The van der Waals surface area contributed by atoms with Crippen molar-refractivity contribution in [1.29, 1.82) is 0 Å². The summed E-state index contributed by atoms with van der Waals surface area (Å²) in [6.45, 7) is 4.73. The molecule has 0 amide bonds. The van der Waals surface area contributed by atoms with Crippen LogP contribution in [0.3, 0.4) is 0 Å². The molecule has 0 spiro atoms. The monoisotopic (exact) mass is 377 g/mol. The molecule has 0 saturated heterocycles. The highest BCUT2D eigenvalue weighted by atomic mass is 79.9. The number of sulfonamides is 1. The van der Waals surface area contributed by atoms with Gasteiger partial charge in [0, 0.05) is 6.54 Å². The Labute approximate surface area is 136 Å². The molecule has 1 rings (SSSR count). The summed E-state index contributed by atoms with van der Waals surface area (Å²) in [5.41, 5.74) is 0. The third-order valence-electron chi connectivity index (χ3n) is 3.54. The zero-order valence-electron chi connectivity index (χ0n) is 12.9. The first kappa shape index (κ1) is 18.5. The first-order valence-corrected chi connectivity index (χ1v) is 9.55. The minimum atomic E-state index is -3.47. The highest BCUT2D eigenvalue weighted by Crippen LogP contribution is 2.27. The molecule has 0 unspecified atom stereocenters. The molecule has 21 heavy (non-hydrogen) atoms. The van der Waals surface area contributed by atoms with Gasteiger partial charge in [0.05, 0.1) is 16.5 Å². The maximum absolute atomic E-state index is 12.3. The lowest BCUT2D eigenvalue weighted by Gasteiger charge is -2.15. The van der Waals surface area contributed by atoms with Gasteiger partial charge in [0.1, 0.15) is 5.75 Å². The van der Waals surface area contributed by atoms with Gasteiger partial charge in [0.25, 0.3) is 0 Å². The summed E-state index contributed by atoms with van der Waals surface area (Å²) >= 11 is 3.31. The molecule has 0 aliphatic carbocycles. The van der Waals surface area contributed by atoms with Crippen molar-refractivity contribution < 1.29 is 13.2 Å². The molecule has 1 N–H and O–H groups in total. The van der Waals surface area contributed by atoms with Gasteiger partial charge in [-0.3, -0.25) is 0 Å². The second-order valence-electron chi connectivity index (χ2n) is 5.06. The average molecular weight is 378 g/mol. The van der Waals surface area contributed by atoms with Crippen LogP contribution in [0.5, 0.6) is 5.75 Å². The molecule has 0 heterocycles. The Bertz CT molecular complexity index is 546. The molecular formula is C15H24BrNO3S. The molecule has 0 fully saturated rings. The van der Waals surface area contributed by atoms with E-state index < -0.39 is 10.0 Å². The van der Waals surface area contributed by atoms with Crippen LogP contribution in [0.2, 0.25) is 0 Å². The molecule has 0 radical (unpaired) electrons. The quantitative estimate of drug-likeness (QED) is 0.708. The van der Waals surface area contributed by atoms with Crippen molar-refractivity contribution in [2.24, 2.45) is 5.92 Å². The minimum absolute atomic E-state index is 0.250. The van der Waals surface area contributed by atoms with E-state index in [1.165, 1.54) is 0 Å². The predicted octanol–water partition coefficient (Wildman–Crippen LogP) is 3.95. The predicted molar refractivity (Wildman–Crippen MR) is 89.2 cm³/mol. The van der Waals surface area contributed by atoms with Crippen LogP contribution < -0.4 is 9.46 Å². The zero-order chi connectivity index (χ0) is 15.9. The summed E-state index contributed by atoms with van der Waals surface area (Å²) in [4.78, 5) is 0.250. The normalized spacial score (nSPS) is 13.1. The summed E-state index contributed by atoms with van der Waals surface area (Å²) in [5.74, 6) is 1.00. The Balaban J connectivity index is 2.74.